The molecule has 0 aliphatic carbocycles. The molecule has 0 aliphatic rings. The number of aryl methyl sites for hydroxylation is 1. The monoisotopic (exact) mass is 242 g/mol. The zero-order valence-corrected chi connectivity index (χ0v) is 10.3. The first-order valence-corrected chi connectivity index (χ1v) is 5.56. The van der Waals surface area contributed by atoms with Crippen LogP contribution in [0.3, 0.4) is 0 Å². The molecule has 2 rings (SSSR count). The van der Waals surface area contributed by atoms with Crippen molar-refractivity contribution in [3.05, 3.63) is 53.9 Å². The van der Waals surface area contributed by atoms with E-state index in [4.69, 9.17) is 4.74 Å². The Hall–Kier alpha value is -2.36. The number of rotatable bonds is 3. The molecule has 0 aliphatic heterocycles. The minimum Gasteiger partial charge on any atom is -0.497 e. The van der Waals surface area contributed by atoms with Gasteiger partial charge < -0.3 is 10.1 Å². The van der Waals surface area contributed by atoms with Gasteiger partial charge >= 0.3 is 0 Å². The van der Waals surface area contributed by atoms with Crippen molar-refractivity contribution in [2.45, 2.75) is 6.92 Å². The van der Waals surface area contributed by atoms with E-state index in [1.165, 1.54) is 0 Å². The van der Waals surface area contributed by atoms with Gasteiger partial charge in [0.05, 0.1) is 7.11 Å². The molecule has 2 aromatic rings. The van der Waals surface area contributed by atoms with Crippen LogP contribution in [0.15, 0.2) is 42.7 Å². The van der Waals surface area contributed by atoms with Crippen LogP contribution in [0.4, 0.5) is 5.69 Å². The lowest BCUT2D eigenvalue weighted by molar-refractivity contribution is 0.102. The zero-order chi connectivity index (χ0) is 13.0. The van der Waals surface area contributed by atoms with Crippen LogP contribution in [0.1, 0.15) is 15.9 Å². The van der Waals surface area contributed by atoms with Gasteiger partial charge in [0.1, 0.15) is 5.75 Å². The number of nitrogens with one attached hydrogen (secondary N) is 1. The summed E-state index contributed by atoms with van der Waals surface area (Å²) in [5, 5.41) is 2.83. The molecule has 1 aromatic heterocycles. The van der Waals surface area contributed by atoms with E-state index in [2.05, 4.69) is 10.3 Å². The van der Waals surface area contributed by atoms with Gasteiger partial charge in [-0.05, 0) is 42.8 Å². The number of benzene rings is 1. The Balaban J connectivity index is 2.14. The van der Waals surface area contributed by atoms with Crippen LogP contribution in [-0.2, 0) is 0 Å². The molecule has 0 spiro atoms. The Kier molecular flexibility index (Phi) is 3.57. The fourth-order valence-electron chi connectivity index (χ4n) is 1.60. The molecule has 0 bridgehead atoms. The fraction of sp³-hybridized carbons (Fsp3) is 0.143. The van der Waals surface area contributed by atoms with E-state index in [1.807, 2.05) is 6.92 Å². The zero-order valence-electron chi connectivity index (χ0n) is 10.3. The van der Waals surface area contributed by atoms with E-state index in [1.54, 1.807) is 49.8 Å². The van der Waals surface area contributed by atoms with Crippen molar-refractivity contribution in [1.29, 1.82) is 0 Å². The quantitative estimate of drug-likeness (QED) is 0.900. The second kappa shape index (κ2) is 5.31. The first-order valence-electron chi connectivity index (χ1n) is 5.56. The number of pyridine rings is 1. The van der Waals surface area contributed by atoms with E-state index in [-0.39, 0.29) is 5.91 Å². The summed E-state index contributed by atoms with van der Waals surface area (Å²) in [4.78, 5) is 16.0. The van der Waals surface area contributed by atoms with Crippen LogP contribution >= 0.6 is 0 Å². The molecule has 18 heavy (non-hydrogen) atoms. The minimum atomic E-state index is -0.139. The van der Waals surface area contributed by atoms with Crippen molar-refractivity contribution in [3.63, 3.8) is 0 Å². The standard InChI is InChI=1S/C14H14N2O2/c1-10-9-15-8-7-13(10)14(17)16-11-3-5-12(18-2)6-4-11/h3-9H,1-2H3,(H,16,17). The van der Waals surface area contributed by atoms with Gasteiger partial charge in [0, 0.05) is 23.6 Å². The topological polar surface area (TPSA) is 51.2 Å². The predicted octanol–water partition coefficient (Wildman–Crippen LogP) is 2.65. The third-order valence-electron chi connectivity index (χ3n) is 2.61. The summed E-state index contributed by atoms with van der Waals surface area (Å²) in [7, 11) is 1.61. The SMILES string of the molecule is COc1ccc(NC(=O)c2ccncc2C)cc1. The summed E-state index contributed by atoms with van der Waals surface area (Å²) >= 11 is 0. The van der Waals surface area contributed by atoms with E-state index >= 15 is 0 Å². The lowest BCUT2D eigenvalue weighted by Gasteiger charge is -2.07. The lowest BCUT2D eigenvalue weighted by Crippen LogP contribution is -2.13. The van der Waals surface area contributed by atoms with Gasteiger partial charge in [0.25, 0.3) is 5.91 Å². The average molecular weight is 242 g/mol. The highest BCUT2D eigenvalue weighted by molar-refractivity contribution is 6.05. The van der Waals surface area contributed by atoms with Gasteiger partial charge in [-0.3, -0.25) is 9.78 Å². The van der Waals surface area contributed by atoms with Crippen molar-refractivity contribution >= 4 is 11.6 Å². The highest BCUT2D eigenvalue weighted by Crippen LogP contribution is 2.16. The summed E-state index contributed by atoms with van der Waals surface area (Å²) in [6, 6.07) is 8.90. The predicted molar refractivity (Wildman–Crippen MR) is 69.9 cm³/mol. The number of hydrogen-bond donors (Lipinski definition) is 1. The normalized spacial score (nSPS) is 9.89. The molecule has 0 saturated heterocycles. The summed E-state index contributed by atoms with van der Waals surface area (Å²) < 4.78 is 5.06. The average Bonchev–Trinajstić information content (AvgIpc) is 2.40. The maximum atomic E-state index is 12.0. The Labute approximate surface area is 106 Å². The molecule has 0 unspecified atom stereocenters. The molecule has 1 aromatic carbocycles. The third kappa shape index (κ3) is 2.66. The van der Waals surface area contributed by atoms with Crippen molar-refractivity contribution in [2.24, 2.45) is 0 Å². The number of amides is 1. The lowest BCUT2D eigenvalue weighted by atomic mass is 10.1. The Morgan fingerprint density at radius 1 is 1.22 bits per heavy atom. The van der Waals surface area contributed by atoms with Crippen LogP contribution in [0, 0.1) is 6.92 Å². The van der Waals surface area contributed by atoms with E-state index in [0.29, 0.717) is 5.56 Å². The van der Waals surface area contributed by atoms with Gasteiger partial charge in [0.2, 0.25) is 0 Å². The summed E-state index contributed by atoms with van der Waals surface area (Å²) in [6.45, 7) is 1.86. The fourth-order valence-corrected chi connectivity index (χ4v) is 1.60. The molecule has 1 amide bonds. The number of ether oxygens (including phenoxy) is 1. The molecular formula is C14H14N2O2. The highest BCUT2D eigenvalue weighted by atomic mass is 16.5. The molecule has 0 fully saturated rings. The molecule has 0 radical (unpaired) electrons. The highest BCUT2D eigenvalue weighted by Gasteiger charge is 2.08. The Bertz CT molecular complexity index is 550. The Morgan fingerprint density at radius 3 is 2.56 bits per heavy atom. The van der Waals surface area contributed by atoms with Gasteiger partial charge in [-0.2, -0.15) is 0 Å². The van der Waals surface area contributed by atoms with Gasteiger partial charge in [-0.15, -0.1) is 0 Å². The van der Waals surface area contributed by atoms with E-state index in [0.717, 1.165) is 17.0 Å². The van der Waals surface area contributed by atoms with Crippen molar-refractivity contribution in [1.82, 2.24) is 4.98 Å². The number of methoxy groups -OCH3 is 1. The first-order chi connectivity index (χ1) is 8.70. The van der Waals surface area contributed by atoms with Gasteiger partial charge in [-0.1, -0.05) is 0 Å². The number of aromatic nitrogens is 1. The molecule has 1 heterocycles. The van der Waals surface area contributed by atoms with Gasteiger partial charge in [-0.25, -0.2) is 0 Å². The van der Waals surface area contributed by atoms with Crippen molar-refractivity contribution < 1.29 is 9.53 Å². The second-order valence-electron chi connectivity index (χ2n) is 3.87. The largest absolute Gasteiger partial charge is 0.497 e. The molecule has 92 valence electrons. The molecule has 4 nitrogen and oxygen atoms in total. The summed E-state index contributed by atoms with van der Waals surface area (Å²) in [6.07, 6.45) is 3.28. The third-order valence-corrected chi connectivity index (χ3v) is 2.61. The molecule has 0 saturated carbocycles. The number of carbonyl (C=O) groups is 1. The van der Waals surface area contributed by atoms with Gasteiger partial charge in [0.15, 0.2) is 0 Å². The molecule has 4 heteroatoms. The number of hydrogen-bond acceptors (Lipinski definition) is 3. The van der Waals surface area contributed by atoms with E-state index < -0.39 is 0 Å². The number of carbonyl (C=O) groups excluding carboxylic acids is 1. The van der Waals surface area contributed by atoms with E-state index in [9.17, 15) is 4.79 Å². The van der Waals surface area contributed by atoms with Crippen LogP contribution in [0.2, 0.25) is 0 Å². The van der Waals surface area contributed by atoms with Crippen molar-refractivity contribution in [2.75, 3.05) is 12.4 Å². The smallest absolute Gasteiger partial charge is 0.256 e. The Morgan fingerprint density at radius 2 is 1.94 bits per heavy atom. The van der Waals surface area contributed by atoms with Crippen molar-refractivity contribution in [3.8, 4) is 5.75 Å². The van der Waals surface area contributed by atoms with Crippen LogP contribution in [0.5, 0.6) is 5.75 Å². The molecule has 1 N–H and O–H groups in total. The number of nitrogens with zero attached hydrogens (tertiary/aromatic N) is 1. The maximum Gasteiger partial charge on any atom is 0.256 e. The van der Waals surface area contributed by atoms with Crippen LogP contribution < -0.4 is 10.1 Å². The molecular weight excluding hydrogens is 228 g/mol. The maximum absolute atomic E-state index is 12.0. The molecule has 0 atom stereocenters. The minimum absolute atomic E-state index is 0.139. The summed E-state index contributed by atoms with van der Waals surface area (Å²) in [5.74, 6) is 0.619. The van der Waals surface area contributed by atoms with Crippen LogP contribution in [-0.4, -0.2) is 18.0 Å². The first kappa shape index (κ1) is 12.1. The second-order valence-corrected chi connectivity index (χ2v) is 3.87. The number of anilines is 1. The summed E-state index contributed by atoms with van der Waals surface area (Å²) in [5.41, 5.74) is 2.21. The van der Waals surface area contributed by atoms with Crippen LogP contribution in [0.25, 0.3) is 0 Å².